The molecule has 0 aromatic heterocycles. The van der Waals surface area contributed by atoms with Gasteiger partial charge in [0.1, 0.15) is 0 Å². The molecule has 4 unspecified atom stereocenters. The van der Waals surface area contributed by atoms with E-state index in [1.807, 2.05) is 27.7 Å². The average molecular weight is 423 g/mol. The Bertz CT molecular complexity index is 598. The quantitative estimate of drug-likeness (QED) is 0.444. The number of Topliss-reactive ketones (excluding diaryl/α,β-unsaturated/α-hetero) is 2. The lowest BCUT2D eigenvalue weighted by molar-refractivity contribution is -0.136. The second kappa shape index (κ2) is 10.3. The lowest BCUT2D eigenvalue weighted by Gasteiger charge is -2.43. The van der Waals surface area contributed by atoms with E-state index in [1.54, 1.807) is 0 Å². The van der Waals surface area contributed by atoms with Crippen LogP contribution >= 0.6 is 0 Å². The highest BCUT2D eigenvalue weighted by atomic mass is 16.1. The van der Waals surface area contributed by atoms with Gasteiger partial charge in [-0.2, -0.15) is 0 Å². The van der Waals surface area contributed by atoms with Gasteiger partial charge in [0.2, 0.25) is 0 Å². The summed E-state index contributed by atoms with van der Waals surface area (Å²) in [5.41, 5.74) is -0.825. The third-order valence-electron chi connectivity index (χ3n) is 8.11. The number of hydrogen-bond donors (Lipinski definition) is 0. The van der Waals surface area contributed by atoms with Gasteiger partial charge in [-0.3, -0.25) is 19.4 Å². The zero-order chi connectivity index (χ0) is 23.6. The van der Waals surface area contributed by atoms with Crippen molar-refractivity contribution in [2.24, 2.45) is 23.7 Å². The maximum atomic E-state index is 13.4. The number of hydrogen-bond acceptors (Lipinski definition) is 4. The number of likely N-dealkylation sites (N-methyl/N-ethyl adjacent to an activating group) is 2. The minimum Gasteiger partial charge on any atom is -0.297 e. The summed E-state index contributed by atoms with van der Waals surface area (Å²) in [6.07, 6.45) is 3.69. The smallest absolute Gasteiger partial charge is 0.155 e. The Labute approximate surface area is 187 Å². The molecule has 176 valence electrons. The van der Waals surface area contributed by atoms with Gasteiger partial charge in [0.05, 0.1) is 11.1 Å². The number of rotatable bonds is 11. The summed E-state index contributed by atoms with van der Waals surface area (Å²) in [5, 5.41) is 0. The Morgan fingerprint density at radius 2 is 1.47 bits per heavy atom. The predicted octanol–water partition coefficient (Wildman–Crippen LogP) is 5.44. The molecule has 0 aromatic rings. The molecule has 1 rings (SSSR count). The van der Waals surface area contributed by atoms with E-state index in [4.69, 9.17) is 0 Å². The van der Waals surface area contributed by atoms with Gasteiger partial charge in [-0.1, -0.05) is 34.6 Å². The average Bonchev–Trinajstić information content (AvgIpc) is 3.00. The number of carbonyl (C=O) groups excluding carboxylic acids is 2. The fourth-order valence-electron chi connectivity index (χ4n) is 5.63. The van der Waals surface area contributed by atoms with Crippen LogP contribution in [0.1, 0.15) is 94.9 Å². The molecule has 1 saturated carbocycles. The summed E-state index contributed by atoms with van der Waals surface area (Å²) in [5.74, 6) is 1.72. The molecule has 4 atom stereocenters. The SMILES string of the molecule is CC(C)C(=O)C(C)(CCC1CC(C(=O)C(C)C)(N(C)C(C)C)CC1C)N(C)C(C)C. The minimum atomic E-state index is -0.459. The van der Waals surface area contributed by atoms with Gasteiger partial charge in [-0.05, 0) is 86.2 Å². The predicted molar refractivity (Wildman–Crippen MR) is 128 cm³/mol. The normalized spacial score (nSPS) is 27.1. The third kappa shape index (κ3) is 5.35. The van der Waals surface area contributed by atoms with E-state index >= 15 is 0 Å². The van der Waals surface area contributed by atoms with E-state index < -0.39 is 5.54 Å². The van der Waals surface area contributed by atoms with Gasteiger partial charge in [0.15, 0.2) is 11.6 Å². The van der Waals surface area contributed by atoms with Crippen molar-refractivity contribution in [2.75, 3.05) is 14.1 Å². The first-order chi connectivity index (χ1) is 13.6. The van der Waals surface area contributed by atoms with Gasteiger partial charge in [-0.25, -0.2) is 0 Å². The maximum absolute atomic E-state index is 13.4. The minimum absolute atomic E-state index is 0.0193. The van der Waals surface area contributed by atoms with Gasteiger partial charge in [0, 0.05) is 23.9 Å². The van der Waals surface area contributed by atoms with Gasteiger partial charge in [-0.15, -0.1) is 0 Å². The first kappa shape index (κ1) is 27.3. The van der Waals surface area contributed by atoms with E-state index in [0.29, 0.717) is 35.5 Å². The molecule has 0 radical (unpaired) electrons. The summed E-state index contributed by atoms with van der Waals surface area (Å²) in [7, 11) is 4.21. The highest BCUT2D eigenvalue weighted by molar-refractivity contribution is 5.90. The maximum Gasteiger partial charge on any atom is 0.155 e. The van der Waals surface area contributed by atoms with Crippen LogP contribution in [-0.2, 0) is 9.59 Å². The summed E-state index contributed by atoms with van der Waals surface area (Å²) in [6.45, 7) is 21.2. The molecular weight excluding hydrogens is 372 g/mol. The lowest BCUT2D eigenvalue weighted by Crippen LogP contribution is -2.55. The van der Waals surface area contributed by atoms with Crippen molar-refractivity contribution in [3.8, 4) is 0 Å². The molecule has 4 heteroatoms. The van der Waals surface area contributed by atoms with Crippen LogP contribution in [0, 0.1) is 23.7 Å². The standard InChI is InChI=1S/C26H50N2O2/c1-17(2)23(29)25(10,27(11)19(5)6)14-13-22-16-26(15-21(22)9,24(30)18(3)4)28(12)20(7)8/h17-22H,13-16H2,1-12H3. The number of carbonyl (C=O) groups is 2. The van der Waals surface area contributed by atoms with E-state index in [2.05, 4.69) is 65.4 Å². The van der Waals surface area contributed by atoms with Crippen molar-refractivity contribution < 1.29 is 9.59 Å². The van der Waals surface area contributed by atoms with Crippen molar-refractivity contribution in [3.05, 3.63) is 0 Å². The fourth-order valence-corrected chi connectivity index (χ4v) is 5.63. The highest BCUT2D eigenvalue weighted by Crippen LogP contribution is 2.47. The van der Waals surface area contributed by atoms with E-state index in [-0.39, 0.29) is 17.4 Å². The summed E-state index contributed by atoms with van der Waals surface area (Å²) >= 11 is 0. The van der Waals surface area contributed by atoms with Crippen molar-refractivity contribution >= 4 is 11.6 Å². The molecule has 0 spiro atoms. The topological polar surface area (TPSA) is 40.6 Å². The summed E-state index contributed by atoms with van der Waals surface area (Å²) in [4.78, 5) is 31.2. The highest BCUT2D eigenvalue weighted by Gasteiger charge is 2.52. The van der Waals surface area contributed by atoms with Crippen LogP contribution in [-0.4, -0.2) is 58.6 Å². The van der Waals surface area contributed by atoms with Crippen LogP contribution in [0.3, 0.4) is 0 Å². The van der Waals surface area contributed by atoms with Gasteiger partial charge < -0.3 is 0 Å². The van der Waals surface area contributed by atoms with Crippen LogP contribution in [0.4, 0.5) is 0 Å². The molecule has 0 saturated heterocycles. The van der Waals surface area contributed by atoms with Crippen molar-refractivity contribution in [1.29, 1.82) is 0 Å². The molecule has 1 aliphatic rings. The lowest BCUT2D eigenvalue weighted by atomic mass is 9.78. The van der Waals surface area contributed by atoms with Crippen LogP contribution in [0.25, 0.3) is 0 Å². The molecule has 0 N–H and O–H groups in total. The molecule has 0 amide bonds. The molecule has 0 aromatic carbocycles. The first-order valence-corrected chi connectivity index (χ1v) is 12.2. The third-order valence-corrected chi connectivity index (χ3v) is 8.11. The van der Waals surface area contributed by atoms with Crippen LogP contribution in [0.2, 0.25) is 0 Å². The van der Waals surface area contributed by atoms with Crippen LogP contribution in [0.5, 0.6) is 0 Å². The van der Waals surface area contributed by atoms with Crippen LogP contribution < -0.4 is 0 Å². The van der Waals surface area contributed by atoms with E-state index in [1.165, 1.54) is 0 Å². The van der Waals surface area contributed by atoms with E-state index in [0.717, 1.165) is 25.7 Å². The van der Waals surface area contributed by atoms with Crippen molar-refractivity contribution in [3.63, 3.8) is 0 Å². The molecular formula is C26H50N2O2. The monoisotopic (exact) mass is 422 g/mol. The Kier molecular flexibility index (Phi) is 9.33. The Balaban J connectivity index is 3.15. The summed E-state index contributed by atoms with van der Waals surface area (Å²) < 4.78 is 0. The van der Waals surface area contributed by atoms with E-state index in [9.17, 15) is 9.59 Å². The Hall–Kier alpha value is -0.740. The molecule has 30 heavy (non-hydrogen) atoms. The largest absolute Gasteiger partial charge is 0.297 e. The molecule has 1 aliphatic carbocycles. The fraction of sp³-hybridized carbons (Fsp3) is 0.923. The second-order valence-corrected chi connectivity index (χ2v) is 11.4. The van der Waals surface area contributed by atoms with Gasteiger partial charge in [0.25, 0.3) is 0 Å². The summed E-state index contributed by atoms with van der Waals surface area (Å²) in [6, 6.07) is 0.644. The second-order valence-electron chi connectivity index (χ2n) is 11.4. The molecule has 1 fully saturated rings. The first-order valence-electron chi connectivity index (χ1n) is 12.2. The van der Waals surface area contributed by atoms with Gasteiger partial charge >= 0.3 is 0 Å². The van der Waals surface area contributed by atoms with Crippen LogP contribution in [0.15, 0.2) is 0 Å². The van der Waals surface area contributed by atoms with Crippen molar-refractivity contribution in [1.82, 2.24) is 9.80 Å². The number of nitrogens with zero attached hydrogens (tertiary/aromatic N) is 2. The molecule has 4 nitrogen and oxygen atoms in total. The zero-order valence-corrected chi connectivity index (χ0v) is 22.0. The molecule has 0 bridgehead atoms. The zero-order valence-electron chi connectivity index (χ0n) is 22.0. The molecule has 0 heterocycles. The molecule has 0 aliphatic heterocycles. The number of ketones is 2. The Morgan fingerprint density at radius 1 is 0.933 bits per heavy atom. The Morgan fingerprint density at radius 3 is 1.87 bits per heavy atom. The van der Waals surface area contributed by atoms with Crippen molar-refractivity contribution in [2.45, 2.75) is 118 Å².